The van der Waals surface area contributed by atoms with E-state index in [1.165, 1.54) is 0 Å². The minimum atomic E-state index is -3.56. The highest BCUT2D eigenvalue weighted by Gasteiger charge is 2.13. The number of anilines is 1. The summed E-state index contributed by atoms with van der Waals surface area (Å²) in [4.78, 5) is 0.238. The third-order valence-electron chi connectivity index (χ3n) is 3.19. The van der Waals surface area contributed by atoms with Gasteiger partial charge in [0.05, 0.1) is 10.6 Å². The smallest absolute Gasteiger partial charge is 0.261 e. The van der Waals surface area contributed by atoms with Crippen LogP contribution in [-0.4, -0.2) is 18.6 Å². The molecular weight excluding hydrogens is 298 g/mol. The zero-order chi connectivity index (χ0) is 15.6. The normalized spacial score (nSPS) is 11.3. The highest BCUT2D eigenvalue weighted by molar-refractivity contribution is 7.92. The standard InChI is InChI=1S/C16H15N3O2S/c1-12-11-16(18-17-12)13-7-9-14(10-8-13)19-22(20,21)15-5-3-2-4-6-15/h2-11,19H,1H3,(H,17,18). The molecular formula is C16H15N3O2S. The number of benzene rings is 2. The van der Waals surface area contributed by atoms with Gasteiger partial charge in [0, 0.05) is 16.9 Å². The number of aryl methyl sites for hydroxylation is 1. The molecule has 0 atom stereocenters. The van der Waals surface area contributed by atoms with Crippen molar-refractivity contribution in [1.82, 2.24) is 10.2 Å². The molecule has 0 radical (unpaired) electrons. The number of sulfonamides is 1. The number of aromatic nitrogens is 2. The Kier molecular flexibility index (Phi) is 3.68. The number of nitrogens with one attached hydrogen (secondary N) is 2. The van der Waals surface area contributed by atoms with Crippen molar-refractivity contribution in [3.63, 3.8) is 0 Å². The Labute approximate surface area is 129 Å². The minimum Gasteiger partial charge on any atom is -0.282 e. The van der Waals surface area contributed by atoms with Crippen LogP contribution in [0.4, 0.5) is 5.69 Å². The molecule has 1 heterocycles. The molecule has 0 bridgehead atoms. The van der Waals surface area contributed by atoms with Crippen LogP contribution in [0.2, 0.25) is 0 Å². The number of hydrogen-bond acceptors (Lipinski definition) is 3. The Balaban J connectivity index is 1.82. The third-order valence-corrected chi connectivity index (χ3v) is 4.59. The van der Waals surface area contributed by atoms with Crippen molar-refractivity contribution in [2.24, 2.45) is 0 Å². The molecule has 6 heteroatoms. The van der Waals surface area contributed by atoms with Gasteiger partial charge in [0.2, 0.25) is 0 Å². The first-order valence-electron chi connectivity index (χ1n) is 6.75. The lowest BCUT2D eigenvalue weighted by molar-refractivity contribution is 0.601. The Morgan fingerprint density at radius 3 is 2.27 bits per heavy atom. The zero-order valence-corrected chi connectivity index (χ0v) is 12.8. The molecule has 0 saturated heterocycles. The first-order chi connectivity index (χ1) is 10.5. The van der Waals surface area contributed by atoms with E-state index in [-0.39, 0.29) is 4.90 Å². The molecule has 5 nitrogen and oxygen atoms in total. The number of nitrogens with zero attached hydrogens (tertiary/aromatic N) is 1. The van der Waals surface area contributed by atoms with Gasteiger partial charge in [-0.15, -0.1) is 0 Å². The van der Waals surface area contributed by atoms with Crippen LogP contribution in [-0.2, 0) is 10.0 Å². The van der Waals surface area contributed by atoms with E-state index >= 15 is 0 Å². The van der Waals surface area contributed by atoms with E-state index in [0.29, 0.717) is 5.69 Å². The van der Waals surface area contributed by atoms with Gasteiger partial charge in [-0.05, 0) is 37.3 Å². The van der Waals surface area contributed by atoms with Crippen molar-refractivity contribution < 1.29 is 8.42 Å². The molecule has 0 amide bonds. The van der Waals surface area contributed by atoms with E-state index in [9.17, 15) is 8.42 Å². The largest absolute Gasteiger partial charge is 0.282 e. The number of aromatic amines is 1. The number of rotatable bonds is 4. The monoisotopic (exact) mass is 313 g/mol. The van der Waals surface area contributed by atoms with Crippen LogP contribution in [0, 0.1) is 6.92 Å². The van der Waals surface area contributed by atoms with Crippen LogP contribution in [0.1, 0.15) is 5.69 Å². The van der Waals surface area contributed by atoms with Gasteiger partial charge in [0.15, 0.2) is 0 Å². The molecule has 2 aromatic carbocycles. The van der Waals surface area contributed by atoms with Gasteiger partial charge in [-0.3, -0.25) is 9.82 Å². The SMILES string of the molecule is Cc1cc(-c2ccc(NS(=O)(=O)c3ccccc3)cc2)n[nH]1. The summed E-state index contributed by atoms with van der Waals surface area (Å²) < 4.78 is 27.0. The summed E-state index contributed by atoms with van der Waals surface area (Å²) in [6.45, 7) is 1.93. The lowest BCUT2D eigenvalue weighted by Crippen LogP contribution is -2.12. The summed E-state index contributed by atoms with van der Waals surface area (Å²) in [6.07, 6.45) is 0. The molecule has 3 aromatic rings. The van der Waals surface area contributed by atoms with E-state index in [2.05, 4.69) is 14.9 Å². The lowest BCUT2D eigenvalue weighted by Gasteiger charge is -2.08. The molecule has 3 rings (SSSR count). The highest BCUT2D eigenvalue weighted by atomic mass is 32.2. The maximum Gasteiger partial charge on any atom is 0.261 e. The topological polar surface area (TPSA) is 74.8 Å². The lowest BCUT2D eigenvalue weighted by atomic mass is 10.1. The van der Waals surface area contributed by atoms with Crippen molar-refractivity contribution in [1.29, 1.82) is 0 Å². The van der Waals surface area contributed by atoms with E-state index in [1.54, 1.807) is 42.5 Å². The molecule has 0 fully saturated rings. The first kappa shape index (κ1) is 14.3. The van der Waals surface area contributed by atoms with Gasteiger partial charge >= 0.3 is 0 Å². The van der Waals surface area contributed by atoms with Crippen LogP contribution in [0.3, 0.4) is 0 Å². The Morgan fingerprint density at radius 1 is 1.00 bits per heavy atom. The summed E-state index contributed by atoms with van der Waals surface area (Å²) in [5, 5.41) is 7.05. The van der Waals surface area contributed by atoms with Crippen LogP contribution in [0.25, 0.3) is 11.3 Å². The second kappa shape index (κ2) is 5.65. The Morgan fingerprint density at radius 2 is 1.68 bits per heavy atom. The number of H-pyrrole nitrogens is 1. The average molecular weight is 313 g/mol. The van der Waals surface area contributed by atoms with Crippen LogP contribution in [0.15, 0.2) is 65.6 Å². The van der Waals surface area contributed by atoms with Gasteiger partial charge in [-0.1, -0.05) is 30.3 Å². The third kappa shape index (κ3) is 3.01. The van der Waals surface area contributed by atoms with Crippen molar-refractivity contribution >= 4 is 15.7 Å². The molecule has 0 aliphatic rings. The summed E-state index contributed by atoms with van der Waals surface area (Å²) >= 11 is 0. The fourth-order valence-corrected chi connectivity index (χ4v) is 3.17. The fourth-order valence-electron chi connectivity index (χ4n) is 2.09. The first-order valence-corrected chi connectivity index (χ1v) is 8.23. The van der Waals surface area contributed by atoms with Gasteiger partial charge in [0.1, 0.15) is 0 Å². The summed E-state index contributed by atoms with van der Waals surface area (Å²) in [6, 6.07) is 17.3. The molecule has 0 spiro atoms. The molecule has 0 aliphatic heterocycles. The highest BCUT2D eigenvalue weighted by Crippen LogP contribution is 2.21. The maximum atomic E-state index is 12.2. The van der Waals surface area contributed by atoms with Gasteiger partial charge in [0.25, 0.3) is 10.0 Å². The quantitative estimate of drug-likeness (QED) is 0.777. The second-order valence-electron chi connectivity index (χ2n) is 4.93. The molecule has 0 saturated carbocycles. The fraction of sp³-hybridized carbons (Fsp3) is 0.0625. The van der Waals surface area contributed by atoms with Gasteiger partial charge < -0.3 is 0 Å². The molecule has 112 valence electrons. The Hall–Kier alpha value is -2.60. The molecule has 0 aliphatic carbocycles. The predicted molar refractivity (Wildman–Crippen MR) is 86.0 cm³/mol. The minimum absolute atomic E-state index is 0.238. The van der Waals surface area contributed by atoms with Crippen molar-refractivity contribution in [2.45, 2.75) is 11.8 Å². The average Bonchev–Trinajstić information content (AvgIpc) is 2.95. The van der Waals surface area contributed by atoms with Crippen LogP contribution >= 0.6 is 0 Å². The Bertz CT molecular complexity index is 869. The number of hydrogen-bond donors (Lipinski definition) is 2. The van der Waals surface area contributed by atoms with Crippen molar-refractivity contribution in [3.8, 4) is 11.3 Å². The van der Waals surface area contributed by atoms with Crippen molar-refractivity contribution in [3.05, 3.63) is 66.4 Å². The molecule has 2 N–H and O–H groups in total. The second-order valence-corrected chi connectivity index (χ2v) is 6.61. The van der Waals surface area contributed by atoms with Crippen molar-refractivity contribution in [2.75, 3.05) is 4.72 Å². The summed E-state index contributed by atoms with van der Waals surface area (Å²) in [5.74, 6) is 0. The zero-order valence-electron chi connectivity index (χ0n) is 11.9. The summed E-state index contributed by atoms with van der Waals surface area (Å²) in [7, 11) is -3.56. The van der Waals surface area contributed by atoms with Gasteiger partial charge in [-0.25, -0.2) is 8.42 Å². The van der Waals surface area contributed by atoms with Crippen LogP contribution < -0.4 is 4.72 Å². The van der Waals surface area contributed by atoms with Gasteiger partial charge in [-0.2, -0.15) is 5.10 Å². The van der Waals surface area contributed by atoms with E-state index in [1.807, 2.05) is 25.1 Å². The predicted octanol–water partition coefficient (Wildman–Crippen LogP) is 3.19. The van der Waals surface area contributed by atoms with E-state index in [0.717, 1.165) is 17.0 Å². The maximum absolute atomic E-state index is 12.2. The van der Waals surface area contributed by atoms with E-state index < -0.39 is 10.0 Å². The molecule has 22 heavy (non-hydrogen) atoms. The molecule has 1 aromatic heterocycles. The van der Waals surface area contributed by atoms with Crippen LogP contribution in [0.5, 0.6) is 0 Å². The molecule has 0 unspecified atom stereocenters. The van der Waals surface area contributed by atoms with E-state index in [4.69, 9.17) is 0 Å². The summed E-state index contributed by atoms with van der Waals surface area (Å²) in [5.41, 5.74) is 3.24.